The first-order valence-corrected chi connectivity index (χ1v) is 4.34. The SMILES string of the molecule is CCOC(=O)C(F)(F)[C@H](N)c1ccco1. The van der Waals surface area contributed by atoms with E-state index in [0.717, 1.165) is 0 Å². The molecule has 1 rings (SSSR count). The fourth-order valence-corrected chi connectivity index (χ4v) is 1.00. The molecular weight excluding hydrogens is 208 g/mol. The summed E-state index contributed by atoms with van der Waals surface area (Å²) >= 11 is 0. The van der Waals surface area contributed by atoms with Gasteiger partial charge in [0.15, 0.2) is 0 Å². The zero-order chi connectivity index (χ0) is 11.5. The topological polar surface area (TPSA) is 65.5 Å². The van der Waals surface area contributed by atoms with Crippen molar-refractivity contribution < 1.29 is 22.7 Å². The van der Waals surface area contributed by atoms with Crippen LogP contribution in [0.2, 0.25) is 0 Å². The second-order valence-corrected chi connectivity index (χ2v) is 2.84. The van der Waals surface area contributed by atoms with E-state index in [0.29, 0.717) is 0 Å². The Balaban J connectivity index is 2.81. The number of nitrogens with two attached hydrogens (primary N) is 1. The summed E-state index contributed by atoms with van der Waals surface area (Å²) in [6, 6.07) is 0.861. The van der Waals surface area contributed by atoms with Crippen LogP contribution in [0.15, 0.2) is 22.8 Å². The summed E-state index contributed by atoms with van der Waals surface area (Å²) in [7, 11) is 0. The maximum Gasteiger partial charge on any atom is 0.379 e. The van der Waals surface area contributed by atoms with Gasteiger partial charge in [0.2, 0.25) is 0 Å². The van der Waals surface area contributed by atoms with Crippen LogP contribution < -0.4 is 5.73 Å². The van der Waals surface area contributed by atoms with E-state index in [1.54, 1.807) is 0 Å². The van der Waals surface area contributed by atoms with Gasteiger partial charge in [-0.2, -0.15) is 8.78 Å². The lowest BCUT2D eigenvalue weighted by Gasteiger charge is -2.19. The van der Waals surface area contributed by atoms with Gasteiger partial charge >= 0.3 is 11.9 Å². The number of rotatable bonds is 4. The summed E-state index contributed by atoms with van der Waals surface area (Å²) in [5.41, 5.74) is 5.20. The summed E-state index contributed by atoms with van der Waals surface area (Å²) in [6.45, 7) is 1.31. The molecule has 0 aliphatic carbocycles. The molecule has 6 heteroatoms. The van der Waals surface area contributed by atoms with Gasteiger partial charge in [-0.1, -0.05) is 0 Å². The molecule has 0 aliphatic rings. The molecule has 2 N–H and O–H groups in total. The normalized spacial score (nSPS) is 13.6. The average Bonchev–Trinajstić information content (AvgIpc) is 2.69. The lowest BCUT2D eigenvalue weighted by molar-refractivity contribution is -0.175. The number of alkyl halides is 2. The van der Waals surface area contributed by atoms with Gasteiger partial charge in [-0.15, -0.1) is 0 Å². The van der Waals surface area contributed by atoms with Crippen LogP contribution in [-0.4, -0.2) is 18.5 Å². The predicted octanol–water partition coefficient (Wildman–Crippen LogP) is 1.48. The number of hydrogen-bond acceptors (Lipinski definition) is 4. The first-order valence-electron chi connectivity index (χ1n) is 4.34. The molecule has 0 aromatic carbocycles. The predicted molar refractivity (Wildman–Crippen MR) is 47.2 cm³/mol. The molecule has 4 nitrogen and oxygen atoms in total. The van der Waals surface area contributed by atoms with Crippen molar-refractivity contribution in [1.29, 1.82) is 0 Å². The van der Waals surface area contributed by atoms with Crippen molar-refractivity contribution in [3.05, 3.63) is 24.2 Å². The molecule has 0 fully saturated rings. The second-order valence-electron chi connectivity index (χ2n) is 2.84. The first-order chi connectivity index (χ1) is 7.00. The Bertz CT molecular complexity index is 324. The van der Waals surface area contributed by atoms with Crippen molar-refractivity contribution in [2.75, 3.05) is 6.61 Å². The fraction of sp³-hybridized carbons (Fsp3) is 0.444. The van der Waals surface area contributed by atoms with Gasteiger partial charge in [-0.3, -0.25) is 0 Å². The Morgan fingerprint density at radius 3 is 2.87 bits per heavy atom. The van der Waals surface area contributed by atoms with E-state index in [1.807, 2.05) is 0 Å². The van der Waals surface area contributed by atoms with E-state index in [2.05, 4.69) is 4.74 Å². The highest BCUT2D eigenvalue weighted by Gasteiger charge is 2.49. The lowest BCUT2D eigenvalue weighted by Crippen LogP contribution is -2.41. The number of ether oxygens (including phenoxy) is 1. The highest BCUT2D eigenvalue weighted by atomic mass is 19.3. The Labute approximate surface area is 85.0 Å². The van der Waals surface area contributed by atoms with Crippen LogP contribution in [0.25, 0.3) is 0 Å². The van der Waals surface area contributed by atoms with Crippen molar-refractivity contribution in [3.63, 3.8) is 0 Å². The monoisotopic (exact) mass is 219 g/mol. The summed E-state index contributed by atoms with van der Waals surface area (Å²) in [6.07, 6.45) is 1.20. The van der Waals surface area contributed by atoms with Crippen LogP contribution in [0.4, 0.5) is 8.78 Å². The summed E-state index contributed by atoms with van der Waals surface area (Å²) in [4.78, 5) is 10.9. The third kappa shape index (κ3) is 2.33. The van der Waals surface area contributed by atoms with Crippen LogP contribution in [0.5, 0.6) is 0 Å². The molecule has 0 saturated heterocycles. The number of halogens is 2. The second kappa shape index (κ2) is 4.39. The van der Waals surface area contributed by atoms with Crippen LogP contribution in [-0.2, 0) is 9.53 Å². The Morgan fingerprint density at radius 1 is 1.73 bits per heavy atom. The summed E-state index contributed by atoms with van der Waals surface area (Å²) < 4.78 is 35.5. The summed E-state index contributed by atoms with van der Waals surface area (Å²) in [5.74, 6) is -5.59. The van der Waals surface area contributed by atoms with Crippen molar-refractivity contribution >= 4 is 5.97 Å². The molecule has 1 aromatic rings. The minimum atomic E-state index is -3.78. The molecule has 0 amide bonds. The minimum absolute atomic E-state index is 0.126. The molecule has 0 unspecified atom stereocenters. The third-order valence-corrected chi connectivity index (χ3v) is 1.79. The van der Waals surface area contributed by atoms with Crippen LogP contribution in [0.1, 0.15) is 18.7 Å². The van der Waals surface area contributed by atoms with E-state index >= 15 is 0 Å². The van der Waals surface area contributed by atoms with Crippen LogP contribution in [0.3, 0.4) is 0 Å². The minimum Gasteiger partial charge on any atom is -0.467 e. The largest absolute Gasteiger partial charge is 0.467 e. The number of carbonyl (C=O) groups excluding carboxylic acids is 1. The molecule has 1 heterocycles. The Morgan fingerprint density at radius 2 is 2.40 bits per heavy atom. The Hall–Kier alpha value is -1.43. The van der Waals surface area contributed by atoms with Gasteiger partial charge in [0.05, 0.1) is 12.9 Å². The molecule has 0 saturated carbocycles. The standard InChI is InChI=1S/C9H11F2NO3/c1-2-14-8(13)9(10,11)7(12)6-4-3-5-15-6/h3-5,7H,2,12H2,1H3/t7-/m1/s1. The van der Waals surface area contributed by atoms with E-state index < -0.39 is 17.9 Å². The quantitative estimate of drug-likeness (QED) is 0.779. The summed E-state index contributed by atoms with van der Waals surface area (Å²) in [5, 5.41) is 0. The van der Waals surface area contributed by atoms with Crippen molar-refractivity contribution in [3.8, 4) is 0 Å². The zero-order valence-electron chi connectivity index (χ0n) is 8.07. The molecule has 0 aliphatic heterocycles. The number of hydrogen-bond donors (Lipinski definition) is 1. The molecule has 0 spiro atoms. The average molecular weight is 219 g/mol. The van der Waals surface area contributed by atoms with Gasteiger partial charge in [0, 0.05) is 0 Å². The number of furan rings is 1. The van der Waals surface area contributed by atoms with E-state index in [9.17, 15) is 13.6 Å². The number of carbonyl (C=O) groups is 1. The van der Waals surface area contributed by atoms with E-state index in [-0.39, 0.29) is 12.4 Å². The fourth-order valence-electron chi connectivity index (χ4n) is 1.00. The van der Waals surface area contributed by atoms with Crippen LogP contribution >= 0.6 is 0 Å². The maximum atomic E-state index is 13.3. The molecule has 1 atom stereocenters. The maximum absolute atomic E-state index is 13.3. The van der Waals surface area contributed by atoms with Crippen molar-refractivity contribution in [2.45, 2.75) is 18.9 Å². The Kier molecular flexibility index (Phi) is 3.41. The smallest absolute Gasteiger partial charge is 0.379 e. The van der Waals surface area contributed by atoms with Crippen molar-refractivity contribution in [1.82, 2.24) is 0 Å². The first kappa shape index (κ1) is 11.6. The van der Waals surface area contributed by atoms with Crippen molar-refractivity contribution in [2.24, 2.45) is 5.73 Å². The molecular formula is C9H11F2NO3. The van der Waals surface area contributed by atoms with Gasteiger partial charge in [0.1, 0.15) is 11.8 Å². The molecule has 84 valence electrons. The zero-order valence-corrected chi connectivity index (χ0v) is 8.07. The van der Waals surface area contributed by atoms with E-state index in [1.165, 1.54) is 25.3 Å². The third-order valence-electron chi connectivity index (χ3n) is 1.79. The van der Waals surface area contributed by atoms with Gasteiger partial charge in [-0.25, -0.2) is 4.79 Å². The molecule has 0 bridgehead atoms. The highest BCUT2D eigenvalue weighted by molar-refractivity contribution is 5.78. The molecule has 1 aromatic heterocycles. The lowest BCUT2D eigenvalue weighted by atomic mass is 10.1. The molecule has 0 radical (unpaired) electrons. The van der Waals surface area contributed by atoms with Gasteiger partial charge in [-0.05, 0) is 19.1 Å². The molecule has 15 heavy (non-hydrogen) atoms. The highest BCUT2D eigenvalue weighted by Crippen LogP contribution is 2.30. The van der Waals surface area contributed by atoms with Gasteiger partial charge < -0.3 is 14.9 Å². The van der Waals surface area contributed by atoms with Gasteiger partial charge in [0.25, 0.3) is 0 Å². The number of esters is 1. The van der Waals surface area contributed by atoms with Crippen LogP contribution in [0, 0.1) is 0 Å². The van der Waals surface area contributed by atoms with E-state index in [4.69, 9.17) is 10.2 Å².